The Kier molecular flexibility index (Phi) is 5.01. The van der Waals surface area contributed by atoms with E-state index in [9.17, 15) is 4.79 Å². The number of rotatable bonds is 4. The number of benzene rings is 2. The van der Waals surface area contributed by atoms with Crippen molar-refractivity contribution in [2.45, 2.75) is 26.4 Å². The number of hydrogen-bond acceptors (Lipinski definition) is 4. The van der Waals surface area contributed by atoms with Crippen molar-refractivity contribution in [1.29, 1.82) is 0 Å². The number of piperazine rings is 1. The van der Waals surface area contributed by atoms with Crippen LogP contribution in [0.15, 0.2) is 54.6 Å². The molecule has 0 bridgehead atoms. The minimum Gasteiger partial charge on any atom is -0.494 e. The Balaban J connectivity index is 1.54. The lowest BCUT2D eigenvalue weighted by molar-refractivity contribution is -0.122. The molecule has 0 aliphatic carbocycles. The van der Waals surface area contributed by atoms with E-state index in [2.05, 4.69) is 17.9 Å². The topological polar surface area (TPSA) is 45.7 Å². The summed E-state index contributed by atoms with van der Waals surface area (Å²) in [5.41, 5.74) is 3.94. The molecule has 1 amide bonds. The van der Waals surface area contributed by atoms with E-state index in [1.165, 1.54) is 0 Å². The van der Waals surface area contributed by atoms with Crippen LogP contribution in [-0.4, -0.2) is 42.0 Å². The molecular weight excluding hydrogens is 350 g/mol. The van der Waals surface area contributed by atoms with Gasteiger partial charge in [0, 0.05) is 30.2 Å². The second kappa shape index (κ2) is 7.60. The molecule has 1 aliphatic rings. The molecule has 3 aromatic rings. The van der Waals surface area contributed by atoms with Gasteiger partial charge in [0.2, 0.25) is 5.91 Å². The van der Waals surface area contributed by atoms with Gasteiger partial charge in [0.05, 0.1) is 19.3 Å². The average Bonchev–Trinajstić information content (AvgIpc) is 2.70. The average molecular weight is 375 g/mol. The summed E-state index contributed by atoms with van der Waals surface area (Å²) in [5.74, 6) is 0.901. The van der Waals surface area contributed by atoms with Gasteiger partial charge in [-0.2, -0.15) is 0 Å². The van der Waals surface area contributed by atoms with Gasteiger partial charge in [0.15, 0.2) is 0 Å². The molecule has 2 aromatic carbocycles. The number of aryl methyl sites for hydroxylation is 1. The zero-order chi connectivity index (χ0) is 19.7. The number of aromatic nitrogens is 1. The number of carbonyl (C=O) groups is 1. The SMILES string of the molecule is COc1cccc2ccc(CN3CC(=O)N(c4ccccc4C)CC3C)nc12. The van der Waals surface area contributed by atoms with Crippen LogP contribution in [-0.2, 0) is 11.3 Å². The molecule has 2 heterocycles. The molecule has 4 rings (SSSR count). The molecular formula is C23H25N3O2. The van der Waals surface area contributed by atoms with Crippen LogP contribution in [0.25, 0.3) is 10.9 Å². The predicted octanol–water partition coefficient (Wildman–Crippen LogP) is 3.79. The van der Waals surface area contributed by atoms with Crippen molar-refractivity contribution in [3.63, 3.8) is 0 Å². The third kappa shape index (κ3) is 3.45. The van der Waals surface area contributed by atoms with E-state index in [1.807, 2.05) is 60.4 Å². The lowest BCUT2D eigenvalue weighted by atomic mass is 10.1. The normalized spacial score (nSPS) is 17.9. The molecule has 1 saturated heterocycles. The van der Waals surface area contributed by atoms with Gasteiger partial charge in [0.25, 0.3) is 0 Å². The summed E-state index contributed by atoms with van der Waals surface area (Å²) in [4.78, 5) is 21.8. The number of methoxy groups -OCH3 is 1. The fourth-order valence-corrected chi connectivity index (χ4v) is 3.83. The number of carbonyl (C=O) groups excluding carboxylic acids is 1. The number of para-hydroxylation sites is 2. The van der Waals surface area contributed by atoms with Gasteiger partial charge in [0.1, 0.15) is 11.3 Å². The van der Waals surface area contributed by atoms with E-state index < -0.39 is 0 Å². The van der Waals surface area contributed by atoms with Gasteiger partial charge >= 0.3 is 0 Å². The van der Waals surface area contributed by atoms with Gasteiger partial charge < -0.3 is 9.64 Å². The van der Waals surface area contributed by atoms with Crippen molar-refractivity contribution in [1.82, 2.24) is 9.88 Å². The molecule has 1 atom stereocenters. The smallest absolute Gasteiger partial charge is 0.241 e. The lowest BCUT2D eigenvalue weighted by Crippen LogP contribution is -2.55. The van der Waals surface area contributed by atoms with E-state index in [0.29, 0.717) is 19.6 Å². The number of amides is 1. The number of hydrogen-bond donors (Lipinski definition) is 0. The fraction of sp³-hybridized carbons (Fsp3) is 0.304. The van der Waals surface area contributed by atoms with Crippen LogP contribution in [0.2, 0.25) is 0 Å². The second-order valence-electron chi connectivity index (χ2n) is 7.38. The van der Waals surface area contributed by atoms with Crippen LogP contribution in [0.3, 0.4) is 0 Å². The quantitative estimate of drug-likeness (QED) is 0.696. The Hall–Kier alpha value is -2.92. The van der Waals surface area contributed by atoms with Gasteiger partial charge in [-0.25, -0.2) is 4.98 Å². The largest absolute Gasteiger partial charge is 0.494 e. The first-order valence-corrected chi connectivity index (χ1v) is 9.59. The first kappa shape index (κ1) is 18.4. The third-order valence-corrected chi connectivity index (χ3v) is 5.44. The van der Waals surface area contributed by atoms with Gasteiger partial charge in [-0.3, -0.25) is 9.69 Å². The zero-order valence-corrected chi connectivity index (χ0v) is 16.6. The summed E-state index contributed by atoms with van der Waals surface area (Å²) in [7, 11) is 1.66. The maximum atomic E-state index is 12.8. The summed E-state index contributed by atoms with van der Waals surface area (Å²) in [5, 5.41) is 1.05. The van der Waals surface area contributed by atoms with Gasteiger partial charge in [-0.1, -0.05) is 36.4 Å². The highest BCUT2D eigenvalue weighted by Gasteiger charge is 2.31. The minimum absolute atomic E-state index is 0.130. The second-order valence-corrected chi connectivity index (χ2v) is 7.38. The summed E-state index contributed by atoms with van der Waals surface area (Å²) in [6.07, 6.45) is 0. The standard InChI is InChI=1S/C23H25N3O2/c1-16-7-4-5-9-20(16)26-13-17(2)25(15-22(26)27)14-19-12-11-18-8-6-10-21(28-3)23(18)24-19/h4-12,17H,13-15H2,1-3H3. The highest BCUT2D eigenvalue weighted by molar-refractivity contribution is 5.96. The van der Waals surface area contributed by atoms with Crippen molar-refractivity contribution >= 4 is 22.5 Å². The molecule has 1 unspecified atom stereocenters. The van der Waals surface area contributed by atoms with Crippen molar-refractivity contribution in [3.05, 3.63) is 65.9 Å². The first-order chi connectivity index (χ1) is 13.6. The van der Waals surface area contributed by atoms with Crippen molar-refractivity contribution in [3.8, 4) is 5.75 Å². The third-order valence-electron chi connectivity index (χ3n) is 5.44. The van der Waals surface area contributed by atoms with Crippen LogP contribution in [0.1, 0.15) is 18.2 Å². The Morgan fingerprint density at radius 2 is 1.93 bits per heavy atom. The van der Waals surface area contributed by atoms with E-state index in [-0.39, 0.29) is 11.9 Å². The maximum Gasteiger partial charge on any atom is 0.241 e. The van der Waals surface area contributed by atoms with Crippen LogP contribution in [0.5, 0.6) is 5.75 Å². The molecule has 144 valence electrons. The highest BCUT2D eigenvalue weighted by Crippen LogP contribution is 2.26. The van der Waals surface area contributed by atoms with E-state index in [1.54, 1.807) is 7.11 Å². The van der Waals surface area contributed by atoms with E-state index in [0.717, 1.165) is 33.6 Å². The predicted molar refractivity (Wildman–Crippen MR) is 112 cm³/mol. The molecule has 5 nitrogen and oxygen atoms in total. The zero-order valence-electron chi connectivity index (χ0n) is 16.6. The molecule has 0 N–H and O–H groups in total. The number of ether oxygens (including phenoxy) is 1. The summed E-state index contributed by atoms with van der Waals surface area (Å²) >= 11 is 0. The fourth-order valence-electron chi connectivity index (χ4n) is 3.83. The Morgan fingerprint density at radius 3 is 2.71 bits per heavy atom. The lowest BCUT2D eigenvalue weighted by Gasteiger charge is -2.39. The molecule has 0 spiro atoms. The number of nitrogens with zero attached hydrogens (tertiary/aromatic N) is 3. The van der Waals surface area contributed by atoms with Crippen LogP contribution in [0.4, 0.5) is 5.69 Å². The maximum absolute atomic E-state index is 12.8. The number of pyridine rings is 1. The van der Waals surface area contributed by atoms with Crippen LogP contribution >= 0.6 is 0 Å². The Bertz CT molecular complexity index is 1020. The molecule has 1 fully saturated rings. The summed E-state index contributed by atoms with van der Waals surface area (Å²) < 4.78 is 5.45. The molecule has 0 saturated carbocycles. The minimum atomic E-state index is 0.130. The van der Waals surface area contributed by atoms with Gasteiger partial charge in [-0.15, -0.1) is 0 Å². The van der Waals surface area contributed by atoms with Crippen LogP contribution in [0, 0.1) is 6.92 Å². The highest BCUT2D eigenvalue weighted by atomic mass is 16.5. The Morgan fingerprint density at radius 1 is 1.11 bits per heavy atom. The van der Waals surface area contributed by atoms with Crippen molar-refractivity contribution in [2.24, 2.45) is 0 Å². The molecule has 1 aromatic heterocycles. The molecule has 1 aliphatic heterocycles. The summed E-state index contributed by atoms with van der Waals surface area (Å²) in [6.45, 7) is 5.93. The Labute approximate surface area is 165 Å². The molecule has 5 heteroatoms. The first-order valence-electron chi connectivity index (χ1n) is 9.59. The molecule has 0 radical (unpaired) electrons. The monoisotopic (exact) mass is 375 g/mol. The van der Waals surface area contributed by atoms with Crippen molar-refractivity contribution < 1.29 is 9.53 Å². The summed E-state index contributed by atoms with van der Waals surface area (Å²) in [6, 6.07) is 18.3. The van der Waals surface area contributed by atoms with Crippen LogP contribution < -0.4 is 9.64 Å². The number of fused-ring (bicyclic) bond motifs is 1. The number of anilines is 1. The van der Waals surface area contributed by atoms with E-state index in [4.69, 9.17) is 9.72 Å². The van der Waals surface area contributed by atoms with Crippen molar-refractivity contribution in [2.75, 3.05) is 25.1 Å². The van der Waals surface area contributed by atoms with Gasteiger partial charge in [-0.05, 0) is 37.6 Å². The molecule has 28 heavy (non-hydrogen) atoms. The van der Waals surface area contributed by atoms with E-state index >= 15 is 0 Å².